The Bertz CT molecular complexity index is 637. The first kappa shape index (κ1) is 14.9. The van der Waals surface area contributed by atoms with Gasteiger partial charge in [0.15, 0.2) is 9.84 Å². The molecule has 3 rings (SSSR count). The molecule has 1 amide bonds. The Morgan fingerprint density at radius 3 is 2.38 bits per heavy atom. The van der Waals surface area contributed by atoms with E-state index in [4.69, 9.17) is 11.6 Å². The molecule has 2 aliphatic rings. The molecule has 0 radical (unpaired) electrons. The number of nitrogens with one attached hydrogen (secondary N) is 1. The Hall–Kier alpha value is -1.07. The highest BCUT2D eigenvalue weighted by Crippen LogP contribution is 2.43. The third-order valence-electron chi connectivity index (χ3n) is 4.18. The first-order valence-corrected chi connectivity index (χ1v) is 9.41. The van der Waals surface area contributed by atoms with Gasteiger partial charge in [-0.05, 0) is 42.9 Å². The van der Waals surface area contributed by atoms with Gasteiger partial charge in [-0.2, -0.15) is 0 Å². The average Bonchev–Trinajstić information content (AvgIpc) is 3.17. The Morgan fingerprint density at radius 1 is 1.19 bits per heavy atom. The number of benzene rings is 1. The molecule has 114 valence electrons. The van der Waals surface area contributed by atoms with E-state index in [1.165, 1.54) is 0 Å². The largest absolute Gasteiger partial charge is 0.352 e. The second kappa shape index (κ2) is 5.61. The number of amides is 1. The van der Waals surface area contributed by atoms with Crippen molar-refractivity contribution < 1.29 is 13.2 Å². The molecule has 2 atom stereocenters. The van der Waals surface area contributed by atoms with Gasteiger partial charge in [0.1, 0.15) is 0 Å². The quantitative estimate of drug-likeness (QED) is 0.921. The number of hydrogen-bond acceptors (Lipinski definition) is 3. The van der Waals surface area contributed by atoms with Gasteiger partial charge in [-0.1, -0.05) is 23.7 Å². The zero-order chi connectivity index (χ0) is 15.0. The summed E-state index contributed by atoms with van der Waals surface area (Å²) in [5.74, 6) is 0.362. The predicted molar refractivity (Wildman–Crippen MR) is 82.1 cm³/mol. The maximum absolute atomic E-state index is 12.5. The maximum Gasteiger partial charge on any atom is 0.228 e. The van der Waals surface area contributed by atoms with E-state index in [1.807, 2.05) is 12.1 Å². The highest BCUT2D eigenvalue weighted by Gasteiger charge is 2.39. The van der Waals surface area contributed by atoms with Crippen molar-refractivity contribution in [2.75, 3.05) is 11.5 Å². The van der Waals surface area contributed by atoms with Crippen molar-refractivity contribution in [2.45, 2.75) is 31.2 Å². The summed E-state index contributed by atoms with van der Waals surface area (Å²) in [5.41, 5.74) is 0.959. The van der Waals surface area contributed by atoms with Gasteiger partial charge >= 0.3 is 0 Å². The fourth-order valence-electron chi connectivity index (χ4n) is 2.94. The van der Waals surface area contributed by atoms with Gasteiger partial charge in [-0.15, -0.1) is 0 Å². The summed E-state index contributed by atoms with van der Waals surface area (Å²) in [7, 11) is -2.97. The molecule has 2 fully saturated rings. The Labute approximate surface area is 129 Å². The molecule has 21 heavy (non-hydrogen) atoms. The van der Waals surface area contributed by atoms with E-state index in [0.717, 1.165) is 18.4 Å². The fourth-order valence-corrected chi connectivity index (χ4v) is 4.74. The second-order valence-electron chi connectivity index (χ2n) is 5.98. The average molecular weight is 328 g/mol. The summed E-state index contributed by atoms with van der Waals surface area (Å²) < 4.78 is 23.0. The van der Waals surface area contributed by atoms with Gasteiger partial charge in [-0.25, -0.2) is 8.42 Å². The Morgan fingerprint density at radius 2 is 1.86 bits per heavy atom. The number of carbonyl (C=O) groups is 1. The molecule has 1 aromatic carbocycles. The van der Waals surface area contributed by atoms with E-state index in [1.54, 1.807) is 12.1 Å². The first-order chi connectivity index (χ1) is 9.94. The molecule has 0 aromatic heterocycles. The van der Waals surface area contributed by atoms with Crippen molar-refractivity contribution in [3.63, 3.8) is 0 Å². The SMILES string of the molecule is O=C(NC1CCS(=O)(=O)C1)C(c1ccc(Cl)cc1)C1CC1. The number of halogens is 1. The summed E-state index contributed by atoms with van der Waals surface area (Å²) >= 11 is 5.89. The summed E-state index contributed by atoms with van der Waals surface area (Å²) in [6.45, 7) is 0. The lowest BCUT2D eigenvalue weighted by Crippen LogP contribution is -2.39. The van der Waals surface area contributed by atoms with E-state index in [-0.39, 0.29) is 29.4 Å². The molecule has 1 heterocycles. The molecule has 1 saturated carbocycles. The maximum atomic E-state index is 12.5. The molecular weight excluding hydrogens is 310 g/mol. The normalized spacial score (nSPS) is 25.5. The first-order valence-electron chi connectivity index (χ1n) is 7.21. The van der Waals surface area contributed by atoms with Crippen LogP contribution in [0.1, 0.15) is 30.7 Å². The molecule has 1 saturated heterocycles. The van der Waals surface area contributed by atoms with Crippen molar-refractivity contribution in [1.82, 2.24) is 5.32 Å². The molecule has 2 unspecified atom stereocenters. The molecule has 1 aliphatic carbocycles. The Balaban J connectivity index is 1.72. The highest BCUT2D eigenvalue weighted by molar-refractivity contribution is 7.91. The molecular formula is C15H18ClNO3S. The third kappa shape index (κ3) is 3.58. The molecule has 4 nitrogen and oxygen atoms in total. The van der Waals surface area contributed by atoms with Crippen molar-refractivity contribution in [1.29, 1.82) is 0 Å². The predicted octanol–water partition coefficient (Wildman–Crippen LogP) is 2.14. The second-order valence-corrected chi connectivity index (χ2v) is 8.64. The van der Waals surface area contributed by atoms with Crippen LogP contribution in [-0.4, -0.2) is 31.9 Å². The minimum atomic E-state index is -2.97. The lowest BCUT2D eigenvalue weighted by atomic mass is 9.93. The molecule has 0 bridgehead atoms. The van der Waals surface area contributed by atoms with Crippen molar-refractivity contribution in [3.8, 4) is 0 Å². The smallest absolute Gasteiger partial charge is 0.228 e. The minimum absolute atomic E-state index is 0.0538. The van der Waals surface area contributed by atoms with Crippen molar-refractivity contribution >= 4 is 27.3 Å². The van der Waals surface area contributed by atoms with E-state index < -0.39 is 9.84 Å². The molecule has 6 heteroatoms. The molecule has 1 N–H and O–H groups in total. The van der Waals surface area contributed by atoms with E-state index in [9.17, 15) is 13.2 Å². The minimum Gasteiger partial charge on any atom is -0.352 e. The summed E-state index contributed by atoms with van der Waals surface area (Å²) in [6, 6.07) is 7.11. The molecule has 1 aromatic rings. The summed E-state index contributed by atoms with van der Waals surface area (Å²) in [6.07, 6.45) is 2.61. The van der Waals surface area contributed by atoms with Gasteiger partial charge in [0, 0.05) is 11.1 Å². The lowest BCUT2D eigenvalue weighted by molar-refractivity contribution is -0.123. The van der Waals surface area contributed by atoms with E-state index in [2.05, 4.69) is 5.32 Å². The van der Waals surface area contributed by atoms with E-state index >= 15 is 0 Å². The fraction of sp³-hybridized carbons (Fsp3) is 0.533. The van der Waals surface area contributed by atoms with Crippen LogP contribution in [-0.2, 0) is 14.6 Å². The van der Waals surface area contributed by atoms with Crippen molar-refractivity contribution in [3.05, 3.63) is 34.9 Å². The van der Waals surface area contributed by atoms with Gasteiger partial charge in [0.05, 0.1) is 17.4 Å². The van der Waals surface area contributed by atoms with Crippen LogP contribution in [0.2, 0.25) is 5.02 Å². The monoisotopic (exact) mass is 327 g/mol. The van der Waals surface area contributed by atoms with Crippen LogP contribution >= 0.6 is 11.6 Å². The van der Waals surface area contributed by atoms with Crippen LogP contribution in [0.25, 0.3) is 0 Å². The zero-order valence-electron chi connectivity index (χ0n) is 11.6. The number of sulfone groups is 1. The third-order valence-corrected chi connectivity index (χ3v) is 6.20. The van der Waals surface area contributed by atoms with Gasteiger partial charge in [0.2, 0.25) is 5.91 Å². The molecule has 1 aliphatic heterocycles. The zero-order valence-corrected chi connectivity index (χ0v) is 13.2. The van der Waals surface area contributed by atoms with Crippen LogP contribution in [0, 0.1) is 5.92 Å². The number of rotatable bonds is 4. The standard InChI is InChI=1S/C15H18ClNO3S/c16-12-5-3-11(4-6-12)14(10-1-2-10)15(18)17-13-7-8-21(19,20)9-13/h3-6,10,13-14H,1-2,7-9H2,(H,17,18). The van der Waals surface area contributed by atoms with Gasteiger partial charge < -0.3 is 5.32 Å². The number of hydrogen-bond donors (Lipinski definition) is 1. The van der Waals surface area contributed by atoms with Crippen LogP contribution in [0.4, 0.5) is 0 Å². The van der Waals surface area contributed by atoms with Crippen LogP contribution in [0.5, 0.6) is 0 Å². The van der Waals surface area contributed by atoms with Crippen LogP contribution in [0.15, 0.2) is 24.3 Å². The van der Waals surface area contributed by atoms with E-state index in [0.29, 0.717) is 17.4 Å². The Kier molecular flexibility index (Phi) is 3.97. The highest BCUT2D eigenvalue weighted by atomic mass is 35.5. The van der Waals surface area contributed by atoms with Gasteiger partial charge in [0.25, 0.3) is 0 Å². The summed E-state index contributed by atoms with van der Waals surface area (Å²) in [5, 5.41) is 3.57. The topological polar surface area (TPSA) is 63.2 Å². The van der Waals surface area contributed by atoms with Crippen molar-refractivity contribution in [2.24, 2.45) is 5.92 Å². The molecule has 0 spiro atoms. The van der Waals surface area contributed by atoms with Crippen LogP contribution < -0.4 is 5.32 Å². The summed E-state index contributed by atoms with van der Waals surface area (Å²) in [4.78, 5) is 12.5. The lowest BCUT2D eigenvalue weighted by Gasteiger charge is -2.19. The number of carbonyl (C=O) groups excluding carboxylic acids is 1. The van der Waals surface area contributed by atoms with Crippen LogP contribution in [0.3, 0.4) is 0 Å². The van der Waals surface area contributed by atoms with Gasteiger partial charge in [-0.3, -0.25) is 4.79 Å².